The quantitative estimate of drug-likeness (QED) is 0.0496. The lowest BCUT2D eigenvalue weighted by molar-refractivity contribution is -0.147. The molecular formula is C39H42F5N5O10S. The van der Waals surface area contributed by atoms with Gasteiger partial charge in [-0.2, -0.15) is 27.7 Å². The zero-order chi connectivity index (χ0) is 44.3. The lowest BCUT2D eigenvalue weighted by Gasteiger charge is -2.18. The Hall–Kier alpha value is -6.38. The van der Waals surface area contributed by atoms with Crippen molar-refractivity contribution in [3.05, 3.63) is 83.6 Å². The number of hydrogen-bond donors (Lipinski definition) is 2. The molecule has 0 aliphatic heterocycles. The molecule has 60 heavy (non-hydrogen) atoms. The standard InChI is InChI=1S/C23H28O5.C16H14F5N5O5S/c1-23(2,22(24)25)12-5-13-28-21-15-18(14-20(16-21)27-4)7-6-17-8-10-19(26-3)11-9-17;1-29-10-6-22-15(30-2)26-13(10)23-14(24-26)25-32(27,28)12-8(16(19,20)21)4-3-5-9(12)31-7-11(17)18/h6-11,14-16H,5,12-13H2,1-4H3,(H,24,25);3-6,11H,7H2,1-2H3,(H,24,25)/b7-6+;. The summed E-state index contributed by atoms with van der Waals surface area (Å²) in [6, 6.07) is 15.5. The van der Waals surface area contributed by atoms with Crippen LogP contribution >= 0.6 is 0 Å². The van der Waals surface area contributed by atoms with Crippen molar-refractivity contribution in [3.63, 3.8) is 0 Å². The van der Waals surface area contributed by atoms with Gasteiger partial charge >= 0.3 is 18.2 Å². The number of methoxy groups -OCH3 is 4. The molecule has 5 rings (SSSR count). The van der Waals surface area contributed by atoms with Crippen LogP contribution in [0.5, 0.6) is 34.8 Å². The first-order chi connectivity index (χ1) is 28.3. The minimum atomic E-state index is -5.14. The minimum absolute atomic E-state index is 0.0559. The van der Waals surface area contributed by atoms with E-state index in [4.69, 9.17) is 23.7 Å². The number of rotatable bonds is 18. The Morgan fingerprint density at radius 2 is 1.53 bits per heavy atom. The number of hydrogen-bond acceptors (Lipinski definition) is 12. The molecule has 0 amide bonds. The van der Waals surface area contributed by atoms with Crippen molar-refractivity contribution >= 4 is 39.7 Å². The Kier molecular flexibility index (Phi) is 15.5. The van der Waals surface area contributed by atoms with Crippen molar-refractivity contribution < 1.29 is 68.7 Å². The second-order valence-electron chi connectivity index (χ2n) is 13.1. The summed E-state index contributed by atoms with van der Waals surface area (Å²) in [4.78, 5) is 17.5. The molecule has 0 fully saturated rings. The van der Waals surface area contributed by atoms with Gasteiger partial charge in [-0.3, -0.25) is 4.79 Å². The van der Waals surface area contributed by atoms with Crippen LogP contribution in [0.4, 0.5) is 27.9 Å². The van der Waals surface area contributed by atoms with Crippen molar-refractivity contribution in [3.8, 4) is 34.8 Å². The van der Waals surface area contributed by atoms with Crippen molar-refractivity contribution in [1.29, 1.82) is 0 Å². The van der Waals surface area contributed by atoms with E-state index < -0.39 is 62.8 Å². The van der Waals surface area contributed by atoms with Crippen LogP contribution in [0.25, 0.3) is 17.8 Å². The number of nitrogens with zero attached hydrogens (tertiary/aromatic N) is 4. The van der Waals surface area contributed by atoms with Crippen LogP contribution in [0.2, 0.25) is 0 Å². The average Bonchev–Trinajstić information content (AvgIpc) is 3.63. The van der Waals surface area contributed by atoms with E-state index in [-0.39, 0.29) is 17.4 Å². The number of carbonyl (C=O) groups is 1. The van der Waals surface area contributed by atoms with Gasteiger partial charge < -0.3 is 33.5 Å². The van der Waals surface area contributed by atoms with Gasteiger partial charge in [-0.15, -0.1) is 5.10 Å². The average molecular weight is 868 g/mol. The van der Waals surface area contributed by atoms with Gasteiger partial charge in [0.15, 0.2) is 5.75 Å². The molecule has 15 nitrogen and oxygen atoms in total. The van der Waals surface area contributed by atoms with Gasteiger partial charge in [0.2, 0.25) is 5.65 Å². The first kappa shape index (κ1) is 46.3. The van der Waals surface area contributed by atoms with Crippen molar-refractivity contribution in [2.24, 2.45) is 5.41 Å². The number of benzene rings is 3. The Balaban J connectivity index is 0.000000267. The summed E-state index contributed by atoms with van der Waals surface area (Å²) in [6.07, 6.45) is -1.78. The summed E-state index contributed by atoms with van der Waals surface area (Å²) in [6.45, 7) is 2.58. The van der Waals surface area contributed by atoms with Crippen LogP contribution in [-0.4, -0.2) is 87.2 Å². The number of anilines is 1. The highest BCUT2D eigenvalue weighted by Crippen LogP contribution is 2.40. The molecule has 0 radical (unpaired) electrons. The molecule has 0 aliphatic rings. The number of fused-ring (bicyclic) bond motifs is 1. The van der Waals surface area contributed by atoms with Gasteiger partial charge in [-0.25, -0.2) is 21.9 Å². The maximum absolute atomic E-state index is 13.5. The van der Waals surface area contributed by atoms with Crippen LogP contribution < -0.4 is 33.1 Å². The maximum Gasteiger partial charge on any atom is 0.417 e. The summed E-state index contributed by atoms with van der Waals surface area (Å²) in [5.41, 5.74) is -0.421. The molecule has 0 aliphatic carbocycles. The fourth-order valence-corrected chi connectivity index (χ4v) is 6.52. The molecule has 5 aromatic rings. The zero-order valence-electron chi connectivity index (χ0n) is 33.1. The number of nitrogens with one attached hydrogen (secondary N) is 1. The first-order valence-corrected chi connectivity index (χ1v) is 19.1. The van der Waals surface area contributed by atoms with Crippen molar-refractivity contribution in [2.45, 2.75) is 44.2 Å². The minimum Gasteiger partial charge on any atom is -0.497 e. The molecule has 0 atom stereocenters. The van der Waals surface area contributed by atoms with Gasteiger partial charge in [0.05, 0.1) is 52.2 Å². The molecule has 3 aromatic carbocycles. The SMILES string of the molecule is COc1ccc(/C=C/c2cc(OC)cc(OCCCC(C)(C)C(=O)O)c2)cc1.COc1cnc(OC)n2nc(NS(=O)(=O)c3c(OCC(F)F)cccc3C(F)(F)F)nc12. The Morgan fingerprint density at radius 1 is 0.867 bits per heavy atom. The normalized spacial score (nSPS) is 11.9. The number of carboxylic acids is 1. The number of ether oxygens (including phenoxy) is 6. The number of aromatic nitrogens is 4. The molecule has 0 saturated carbocycles. The van der Waals surface area contributed by atoms with Gasteiger partial charge in [-0.1, -0.05) is 30.4 Å². The predicted octanol–water partition coefficient (Wildman–Crippen LogP) is 7.75. The van der Waals surface area contributed by atoms with E-state index >= 15 is 0 Å². The number of sulfonamides is 1. The van der Waals surface area contributed by atoms with Crippen molar-refractivity contribution in [2.75, 3.05) is 46.4 Å². The van der Waals surface area contributed by atoms with Crippen LogP contribution in [0.15, 0.2) is 71.8 Å². The summed E-state index contributed by atoms with van der Waals surface area (Å²) in [5, 5.41) is 13.0. The summed E-state index contributed by atoms with van der Waals surface area (Å²) < 4.78 is 125. The molecular weight excluding hydrogens is 826 g/mol. The zero-order valence-corrected chi connectivity index (χ0v) is 33.9. The lowest BCUT2D eigenvalue weighted by atomic mass is 9.88. The third kappa shape index (κ3) is 12.3. The lowest BCUT2D eigenvalue weighted by Crippen LogP contribution is -2.24. The van der Waals surface area contributed by atoms with Crippen LogP contribution in [0.1, 0.15) is 43.4 Å². The van der Waals surface area contributed by atoms with E-state index in [0.29, 0.717) is 37.0 Å². The van der Waals surface area contributed by atoms with Gasteiger partial charge in [0, 0.05) is 6.07 Å². The Labute approximate surface area is 341 Å². The molecule has 324 valence electrons. The molecule has 2 heterocycles. The van der Waals surface area contributed by atoms with E-state index in [1.165, 1.54) is 20.4 Å². The summed E-state index contributed by atoms with van der Waals surface area (Å²) in [5.74, 6) is -0.0975. The highest BCUT2D eigenvalue weighted by molar-refractivity contribution is 7.92. The number of carboxylic acid groups (broad SMARTS) is 1. The van der Waals surface area contributed by atoms with E-state index in [9.17, 15) is 40.3 Å². The van der Waals surface area contributed by atoms with Crippen LogP contribution in [0, 0.1) is 5.41 Å². The molecule has 21 heteroatoms. The van der Waals surface area contributed by atoms with E-state index in [2.05, 4.69) is 19.8 Å². The van der Waals surface area contributed by atoms with Crippen LogP contribution in [-0.2, 0) is 21.0 Å². The largest absolute Gasteiger partial charge is 0.497 e. The number of halogens is 5. The molecule has 0 spiro atoms. The molecule has 0 unspecified atom stereocenters. The van der Waals surface area contributed by atoms with E-state index in [1.807, 2.05) is 54.6 Å². The summed E-state index contributed by atoms with van der Waals surface area (Å²) >= 11 is 0. The second-order valence-corrected chi connectivity index (χ2v) is 14.7. The highest BCUT2D eigenvalue weighted by atomic mass is 32.2. The fourth-order valence-electron chi connectivity index (χ4n) is 5.22. The predicted molar refractivity (Wildman–Crippen MR) is 209 cm³/mol. The first-order valence-electron chi connectivity index (χ1n) is 17.7. The van der Waals surface area contributed by atoms with Gasteiger partial charge in [-0.05, 0) is 74.2 Å². The molecule has 0 saturated heterocycles. The molecule has 2 aromatic heterocycles. The Morgan fingerprint density at radius 3 is 2.13 bits per heavy atom. The molecule has 0 bridgehead atoms. The maximum atomic E-state index is 13.5. The second kappa shape index (κ2) is 20.1. The van der Waals surface area contributed by atoms with Gasteiger partial charge in [0.1, 0.15) is 34.5 Å². The van der Waals surface area contributed by atoms with Gasteiger partial charge in [0.25, 0.3) is 22.4 Å². The third-order valence-electron chi connectivity index (χ3n) is 8.36. The highest BCUT2D eigenvalue weighted by Gasteiger charge is 2.40. The van der Waals surface area contributed by atoms with Crippen molar-refractivity contribution in [1.82, 2.24) is 19.6 Å². The Bertz CT molecular complexity index is 2330. The van der Waals surface area contributed by atoms with E-state index in [0.717, 1.165) is 33.5 Å². The summed E-state index contributed by atoms with van der Waals surface area (Å²) in [7, 11) is 0.702. The topological polar surface area (TPSA) is 182 Å². The third-order valence-corrected chi connectivity index (χ3v) is 9.77. The molecule has 2 N–H and O–H groups in total. The number of aliphatic carboxylic acids is 1. The fraction of sp³-hybridized carbons (Fsp3) is 0.333. The monoisotopic (exact) mass is 867 g/mol. The van der Waals surface area contributed by atoms with Crippen LogP contribution in [0.3, 0.4) is 0 Å². The van der Waals surface area contributed by atoms with E-state index in [1.54, 1.807) is 32.8 Å². The smallest absolute Gasteiger partial charge is 0.417 e. The number of alkyl halides is 5.